The van der Waals surface area contributed by atoms with Crippen molar-refractivity contribution in [2.75, 3.05) is 0 Å². The topological polar surface area (TPSA) is 70.3 Å². The zero-order valence-corrected chi connectivity index (χ0v) is 10.1. The summed E-state index contributed by atoms with van der Waals surface area (Å²) >= 11 is 0. The SMILES string of the molecule is NCc1cnc(Oc2ccc(OC(F)(F)F)cc2)cn1. The average Bonchev–Trinajstić information content (AvgIpc) is 2.40. The fourth-order valence-electron chi connectivity index (χ4n) is 1.33. The van der Waals surface area contributed by atoms with Gasteiger partial charge in [-0.2, -0.15) is 0 Å². The van der Waals surface area contributed by atoms with Gasteiger partial charge in [0.25, 0.3) is 0 Å². The minimum Gasteiger partial charge on any atom is -0.438 e. The number of hydrogen-bond acceptors (Lipinski definition) is 5. The third-order valence-electron chi connectivity index (χ3n) is 2.17. The quantitative estimate of drug-likeness (QED) is 0.935. The van der Waals surface area contributed by atoms with Gasteiger partial charge < -0.3 is 15.2 Å². The van der Waals surface area contributed by atoms with E-state index in [9.17, 15) is 13.2 Å². The minimum atomic E-state index is -4.72. The van der Waals surface area contributed by atoms with Crippen molar-refractivity contribution in [1.29, 1.82) is 0 Å². The smallest absolute Gasteiger partial charge is 0.438 e. The van der Waals surface area contributed by atoms with Crippen molar-refractivity contribution in [2.24, 2.45) is 5.73 Å². The second-order valence-electron chi connectivity index (χ2n) is 3.67. The third kappa shape index (κ3) is 4.09. The highest BCUT2D eigenvalue weighted by Crippen LogP contribution is 2.26. The Hall–Kier alpha value is -2.35. The molecule has 2 N–H and O–H groups in total. The van der Waals surface area contributed by atoms with Crippen molar-refractivity contribution in [3.63, 3.8) is 0 Å². The Bertz CT molecular complexity index is 556. The highest BCUT2D eigenvalue weighted by Gasteiger charge is 2.30. The standard InChI is InChI=1S/C12H10F3N3O2/c13-12(14,15)20-10-3-1-9(2-4-10)19-11-7-17-8(5-16)6-18-11/h1-4,6-7H,5,16H2. The van der Waals surface area contributed by atoms with Gasteiger partial charge in [-0.05, 0) is 24.3 Å². The molecule has 0 saturated carbocycles. The summed E-state index contributed by atoms with van der Waals surface area (Å²) < 4.78 is 45.0. The molecule has 0 bridgehead atoms. The predicted molar refractivity (Wildman–Crippen MR) is 63.1 cm³/mol. The van der Waals surface area contributed by atoms with E-state index in [2.05, 4.69) is 14.7 Å². The Morgan fingerprint density at radius 1 is 1.00 bits per heavy atom. The van der Waals surface area contributed by atoms with Gasteiger partial charge in [-0.25, -0.2) is 4.98 Å². The predicted octanol–water partition coefficient (Wildman–Crippen LogP) is 2.63. The van der Waals surface area contributed by atoms with E-state index in [1.807, 2.05) is 0 Å². The molecule has 0 aliphatic rings. The van der Waals surface area contributed by atoms with E-state index in [1.165, 1.54) is 24.5 Å². The summed E-state index contributed by atoms with van der Waals surface area (Å²) in [5, 5.41) is 0. The van der Waals surface area contributed by atoms with Gasteiger partial charge >= 0.3 is 6.36 Å². The molecule has 106 valence electrons. The molecule has 0 fully saturated rings. The number of alkyl halides is 3. The molecule has 1 heterocycles. The van der Waals surface area contributed by atoms with Crippen LogP contribution in [0.5, 0.6) is 17.4 Å². The Kier molecular flexibility index (Phi) is 4.04. The second-order valence-corrected chi connectivity index (χ2v) is 3.67. The van der Waals surface area contributed by atoms with E-state index in [4.69, 9.17) is 10.5 Å². The van der Waals surface area contributed by atoms with Crippen LogP contribution >= 0.6 is 0 Å². The number of halogens is 3. The first-order chi connectivity index (χ1) is 9.46. The van der Waals surface area contributed by atoms with Gasteiger partial charge in [-0.15, -0.1) is 13.2 Å². The molecular formula is C12H10F3N3O2. The summed E-state index contributed by atoms with van der Waals surface area (Å²) in [6, 6.07) is 4.95. The molecule has 0 unspecified atom stereocenters. The van der Waals surface area contributed by atoms with Crippen LogP contribution in [0.25, 0.3) is 0 Å². The van der Waals surface area contributed by atoms with Crippen LogP contribution in [-0.2, 0) is 6.54 Å². The lowest BCUT2D eigenvalue weighted by Gasteiger charge is -2.09. The van der Waals surface area contributed by atoms with Crippen LogP contribution in [0.15, 0.2) is 36.7 Å². The number of ether oxygens (including phenoxy) is 2. The van der Waals surface area contributed by atoms with E-state index in [0.29, 0.717) is 11.4 Å². The molecule has 20 heavy (non-hydrogen) atoms. The molecule has 1 aromatic carbocycles. The van der Waals surface area contributed by atoms with Crippen LogP contribution in [0.2, 0.25) is 0 Å². The first-order valence-electron chi connectivity index (χ1n) is 5.51. The van der Waals surface area contributed by atoms with Gasteiger partial charge in [0.15, 0.2) is 0 Å². The lowest BCUT2D eigenvalue weighted by atomic mass is 10.3. The molecular weight excluding hydrogens is 275 g/mol. The van der Waals surface area contributed by atoms with Gasteiger partial charge in [0, 0.05) is 6.54 Å². The molecule has 5 nitrogen and oxygen atoms in total. The lowest BCUT2D eigenvalue weighted by molar-refractivity contribution is -0.274. The minimum absolute atomic E-state index is 0.215. The van der Waals surface area contributed by atoms with Gasteiger partial charge in [0.1, 0.15) is 11.5 Å². The van der Waals surface area contributed by atoms with Crippen LogP contribution in [0, 0.1) is 0 Å². The molecule has 0 spiro atoms. The summed E-state index contributed by atoms with van der Waals surface area (Å²) in [6.45, 7) is 0.261. The number of benzene rings is 1. The summed E-state index contributed by atoms with van der Waals surface area (Å²) in [5.74, 6) is 0.204. The number of hydrogen-bond donors (Lipinski definition) is 1. The van der Waals surface area contributed by atoms with Crippen LogP contribution in [0.1, 0.15) is 5.69 Å². The molecule has 2 rings (SSSR count). The Morgan fingerprint density at radius 3 is 2.15 bits per heavy atom. The number of nitrogens with two attached hydrogens (primary N) is 1. The van der Waals surface area contributed by atoms with Crippen molar-refractivity contribution in [2.45, 2.75) is 12.9 Å². The molecule has 0 saturated heterocycles. The third-order valence-corrected chi connectivity index (χ3v) is 2.17. The number of rotatable bonds is 4. The van der Waals surface area contributed by atoms with Crippen molar-refractivity contribution in [3.05, 3.63) is 42.4 Å². The lowest BCUT2D eigenvalue weighted by Crippen LogP contribution is -2.16. The molecule has 0 radical (unpaired) electrons. The van der Waals surface area contributed by atoms with Gasteiger partial charge in [-0.3, -0.25) is 4.98 Å². The zero-order valence-electron chi connectivity index (χ0n) is 10.1. The highest BCUT2D eigenvalue weighted by molar-refractivity contribution is 5.33. The largest absolute Gasteiger partial charge is 0.573 e. The molecule has 0 amide bonds. The maximum Gasteiger partial charge on any atom is 0.573 e. The average molecular weight is 285 g/mol. The van der Waals surface area contributed by atoms with E-state index in [0.717, 1.165) is 12.1 Å². The number of aromatic nitrogens is 2. The first-order valence-corrected chi connectivity index (χ1v) is 5.51. The molecule has 2 aromatic rings. The molecule has 1 aromatic heterocycles. The van der Waals surface area contributed by atoms with Crippen molar-refractivity contribution >= 4 is 0 Å². The van der Waals surface area contributed by atoms with E-state index < -0.39 is 6.36 Å². The van der Waals surface area contributed by atoms with E-state index in [1.54, 1.807) is 0 Å². The summed E-state index contributed by atoms with van der Waals surface area (Å²) in [4.78, 5) is 7.92. The van der Waals surface area contributed by atoms with Crippen molar-refractivity contribution < 1.29 is 22.6 Å². The fraction of sp³-hybridized carbons (Fsp3) is 0.167. The molecule has 8 heteroatoms. The fourth-order valence-corrected chi connectivity index (χ4v) is 1.33. The van der Waals surface area contributed by atoms with Crippen LogP contribution in [0.3, 0.4) is 0 Å². The highest BCUT2D eigenvalue weighted by atomic mass is 19.4. The Balaban J connectivity index is 2.02. The molecule has 0 atom stereocenters. The van der Waals surface area contributed by atoms with Crippen molar-refractivity contribution in [1.82, 2.24) is 9.97 Å². The summed E-state index contributed by atoms with van der Waals surface area (Å²) in [7, 11) is 0. The van der Waals surface area contributed by atoms with Gasteiger partial charge in [0.2, 0.25) is 5.88 Å². The second kappa shape index (κ2) is 5.74. The van der Waals surface area contributed by atoms with Crippen LogP contribution < -0.4 is 15.2 Å². The summed E-state index contributed by atoms with van der Waals surface area (Å²) in [6.07, 6.45) is -1.88. The summed E-state index contributed by atoms with van der Waals surface area (Å²) in [5.41, 5.74) is 5.97. The monoisotopic (exact) mass is 285 g/mol. The van der Waals surface area contributed by atoms with E-state index in [-0.39, 0.29) is 18.2 Å². The normalized spacial score (nSPS) is 11.2. The van der Waals surface area contributed by atoms with Crippen molar-refractivity contribution in [3.8, 4) is 17.4 Å². The zero-order chi connectivity index (χ0) is 14.6. The molecule has 0 aliphatic carbocycles. The Labute approximate surface area is 112 Å². The first kappa shape index (κ1) is 14.1. The maximum absolute atomic E-state index is 12.0. The van der Waals surface area contributed by atoms with E-state index >= 15 is 0 Å². The Morgan fingerprint density at radius 2 is 1.65 bits per heavy atom. The number of nitrogens with zero attached hydrogens (tertiary/aromatic N) is 2. The van der Waals surface area contributed by atoms with Gasteiger partial charge in [-0.1, -0.05) is 0 Å². The molecule has 0 aliphatic heterocycles. The van der Waals surface area contributed by atoms with Crippen LogP contribution in [0.4, 0.5) is 13.2 Å². The van der Waals surface area contributed by atoms with Gasteiger partial charge in [0.05, 0.1) is 18.1 Å². The maximum atomic E-state index is 12.0. The van der Waals surface area contributed by atoms with Crippen LogP contribution in [-0.4, -0.2) is 16.3 Å².